The van der Waals surface area contributed by atoms with Gasteiger partial charge in [0, 0.05) is 0 Å². The number of H-pyrrole nitrogens is 1. The van der Waals surface area contributed by atoms with Gasteiger partial charge in [-0.15, -0.1) is 0 Å². The summed E-state index contributed by atoms with van der Waals surface area (Å²) in [6.45, 7) is 2.07. The smallest absolute Gasteiger partial charge is 0.341 e. The zero-order valence-corrected chi connectivity index (χ0v) is 16.3. The van der Waals surface area contributed by atoms with E-state index in [1.807, 2.05) is 54.6 Å². The molecule has 4 nitrogen and oxygen atoms in total. The molecule has 156 valence electrons. The molecule has 0 fully saturated rings. The normalized spacial score (nSPS) is 12.4. The van der Waals surface area contributed by atoms with Crippen LogP contribution in [-0.4, -0.2) is 10.9 Å². The largest absolute Gasteiger partial charge is 0.431 e. The predicted molar refractivity (Wildman–Crippen MR) is 108 cm³/mol. The van der Waals surface area contributed by atoms with Gasteiger partial charge in [0.15, 0.2) is 0 Å². The number of aromatic amines is 1. The van der Waals surface area contributed by atoms with E-state index in [0.717, 1.165) is 35.6 Å². The van der Waals surface area contributed by atoms with Crippen LogP contribution in [0, 0.1) is 0 Å². The molecule has 0 aliphatic carbocycles. The molecular formula is C23H21F3N2O2. The van der Waals surface area contributed by atoms with E-state index in [0.29, 0.717) is 6.07 Å². The van der Waals surface area contributed by atoms with Crippen molar-refractivity contribution in [1.82, 2.24) is 10.3 Å². The van der Waals surface area contributed by atoms with Crippen LogP contribution in [-0.2, 0) is 12.6 Å². The molecule has 1 unspecified atom stereocenters. The number of alkyl halides is 3. The van der Waals surface area contributed by atoms with Gasteiger partial charge < -0.3 is 10.3 Å². The molecule has 1 atom stereocenters. The van der Waals surface area contributed by atoms with Gasteiger partial charge in [0.25, 0.3) is 11.5 Å². The summed E-state index contributed by atoms with van der Waals surface area (Å²) in [6.07, 6.45) is -2.85. The van der Waals surface area contributed by atoms with Crippen LogP contribution in [0.5, 0.6) is 0 Å². The maximum atomic E-state index is 12.8. The van der Waals surface area contributed by atoms with Gasteiger partial charge >= 0.3 is 6.18 Å². The number of hydrogen-bond donors (Lipinski definition) is 2. The van der Waals surface area contributed by atoms with Gasteiger partial charge in [0.2, 0.25) is 0 Å². The van der Waals surface area contributed by atoms with Crippen LogP contribution in [0.25, 0.3) is 0 Å². The van der Waals surface area contributed by atoms with E-state index in [1.165, 1.54) is 0 Å². The van der Waals surface area contributed by atoms with E-state index in [1.54, 1.807) is 4.98 Å². The molecule has 2 aromatic carbocycles. The number of amides is 1. The summed E-state index contributed by atoms with van der Waals surface area (Å²) in [5.74, 6) is -0.750. The van der Waals surface area contributed by atoms with Crippen LogP contribution >= 0.6 is 0 Å². The third kappa shape index (κ3) is 4.97. The molecule has 0 aliphatic heterocycles. The van der Waals surface area contributed by atoms with Gasteiger partial charge in [-0.25, -0.2) is 0 Å². The highest BCUT2D eigenvalue weighted by Gasteiger charge is 2.32. The Bertz CT molecular complexity index is 1080. The molecule has 0 spiro atoms. The van der Waals surface area contributed by atoms with Crippen molar-refractivity contribution in [1.29, 1.82) is 0 Å². The third-order valence-electron chi connectivity index (χ3n) is 4.69. The fourth-order valence-corrected chi connectivity index (χ4v) is 3.25. The number of pyridine rings is 1. The minimum Gasteiger partial charge on any atom is -0.341 e. The molecule has 3 aromatic rings. The number of hydrogen-bond acceptors (Lipinski definition) is 2. The average Bonchev–Trinajstić information content (AvgIpc) is 2.72. The maximum Gasteiger partial charge on any atom is 0.431 e. The summed E-state index contributed by atoms with van der Waals surface area (Å²) in [7, 11) is 0. The highest BCUT2D eigenvalue weighted by molar-refractivity contribution is 5.94. The second-order valence-electron chi connectivity index (χ2n) is 6.92. The third-order valence-corrected chi connectivity index (χ3v) is 4.69. The number of benzene rings is 2. The minimum absolute atomic E-state index is 0.381. The molecule has 3 rings (SSSR count). The minimum atomic E-state index is -4.69. The highest BCUT2D eigenvalue weighted by atomic mass is 19.4. The lowest BCUT2D eigenvalue weighted by atomic mass is 9.95. The monoisotopic (exact) mass is 414 g/mol. The Hall–Kier alpha value is -3.35. The lowest BCUT2D eigenvalue weighted by Crippen LogP contribution is -2.34. The average molecular weight is 414 g/mol. The van der Waals surface area contributed by atoms with Crippen LogP contribution in [0.15, 0.2) is 71.5 Å². The summed E-state index contributed by atoms with van der Waals surface area (Å²) in [5.41, 5.74) is 0.0580. The van der Waals surface area contributed by atoms with Crippen LogP contribution in [0.4, 0.5) is 13.2 Å². The molecule has 2 N–H and O–H groups in total. The Balaban J connectivity index is 1.95. The first-order chi connectivity index (χ1) is 14.3. The maximum absolute atomic E-state index is 12.8. The van der Waals surface area contributed by atoms with E-state index in [-0.39, 0.29) is 5.56 Å². The molecule has 0 aliphatic rings. The van der Waals surface area contributed by atoms with Crippen molar-refractivity contribution in [3.8, 4) is 0 Å². The molecule has 7 heteroatoms. The number of aromatic nitrogens is 1. The first-order valence-corrected chi connectivity index (χ1v) is 9.54. The summed E-state index contributed by atoms with van der Waals surface area (Å²) >= 11 is 0. The molecular weight excluding hydrogens is 393 g/mol. The number of rotatable bonds is 6. The van der Waals surface area contributed by atoms with Gasteiger partial charge in [-0.3, -0.25) is 9.59 Å². The van der Waals surface area contributed by atoms with Crippen molar-refractivity contribution in [3.63, 3.8) is 0 Å². The lowest BCUT2D eigenvalue weighted by molar-refractivity contribution is -0.141. The Labute approximate surface area is 171 Å². The van der Waals surface area contributed by atoms with Crippen molar-refractivity contribution < 1.29 is 18.0 Å². The molecule has 0 saturated carbocycles. The second kappa shape index (κ2) is 8.98. The lowest BCUT2D eigenvalue weighted by Gasteiger charge is -2.20. The highest BCUT2D eigenvalue weighted by Crippen LogP contribution is 2.27. The number of nitrogens with one attached hydrogen (secondary N) is 2. The molecule has 0 radical (unpaired) electrons. The summed E-state index contributed by atoms with van der Waals surface area (Å²) in [4.78, 5) is 26.6. The SMILES string of the molecule is CCCc1cccc(C(NC(=O)c2ccc(C(F)(F)F)[nH]c2=O)c2ccccc2)c1. The van der Waals surface area contributed by atoms with E-state index in [9.17, 15) is 22.8 Å². The molecule has 1 aromatic heterocycles. The van der Waals surface area contributed by atoms with E-state index in [4.69, 9.17) is 0 Å². The summed E-state index contributed by atoms with van der Waals surface area (Å²) < 4.78 is 38.4. The molecule has 0 bridgehead atoms. The van der Waals surface area contributed by atoms with Crippen LogP contribution in [0.2, 0.25) is 0 Å². The Morgan fingerprint density at radius 2 is 1.70 bits per heavy atom. The van der Waals surface area contributed by atoms with Crippen LogP contribution < -0.4 is 10.9 Å². The standard InChI is InChI=1S/C23H21F3N2O2/c1-2-7-15-8-6-11-17(14-15)20(16-9-4-3-5-10-16)28-22(30)18-12-13-19(23(24,25)26)27-21(18)29/h3-6,8-14,20H,2,7H2,1H3,(H,27,29)(H,28,30). The van der Waals surface area contributed by atoms with Gasteiger partial charge in [-0.1, -0.05) is 67.9 Å². The fourth-order valence-electron chi connectivity index (χ4n) is 3.25. The summed E-state index contributed by atoms with van der Waals surface area (Å²) in [6, 6.07) is 18.0. The molecule has 1 heterocycles. The fraction of sp³-hybridized carbons (Fsp3) is 0.217. The Kier molecular flexibility index (Phi) is 6.40. The van der Waals surface area contributed by atoms with E-state index < -0.39 is 29.4 Å². The number of carbonyl (C=O) groups excluding carboxylic acids is 1. The van der Waals surface area contributed by atoms with Gasteiger partial charge in [-0.2, -0.15) is 13.2 Å². The predicted octanol–water partition coefficient (Wildman–Crippen LogP) is 4.87. The zero-order chi connectivity index (χ0) is 21.7. The van der Waals surface area contributed by atoms with Crippen molar-refractivity contribution in [3.05, 3.63) is 105 Å². The Morgan fingerprint density at radius 1 is 1.00 bits per heavy atom. The van der Waals surface area contributed by atoms with Gasteiger partial charge in [0.1, 0.15) is 11.3 Å². The summed E-state index contributed by atoms with van der Waals surface area (Å²) in [5, 5.41) is 2.79. The molecule has 1 amide bonds. The van der Waals surface area contributed by atoms with Crippen molar-refractivity contribution in [2.75, 3.05) is 0 Å². The second-order valence-corrected chi connectivity index (χ2v) is 6.92. The molecule has 30 heavy (non-hydrogen) atoms. The Morgan fingerprint density at radius 3 is 2.33 bits per heavy atom. The number of aryl methyl sites for hydroxylation is 1. The van der Waals surface area contributed by atoms with Gasteiger partial charge in [-0.05, 0) is 35.2 Å². The molecule has 0 saturated heterocycles. The first-order valence-electron chi connectivity index (χ1n) is 9.54. The van der Waals surface area contributed by atoms with Crippen LogP contribution in [0.3, 0.4) is 0 Å². The van der Waals surface area contributed by atoms with E-state index in [2.05, 4.69) is 12.2 Å². The number of halogens is 3. The van der Waals surface area contributed by atoms with Crippen LogP contribution in [0.1, 0.15) is 52.1 Å². The number of carbonyl (C=O) groups is 1. The quantitative estimate of drug-likeness (QED) is 0.605. The van der Waals surface area contributed by atoms with Crippen molar-refractivity contribution in [2.24, 2.45) is 0 Å². The van der Waals surface area contributed by atoms with Crippen molar-refractivity contribution in [2.45, 2.75) is 32.0 Å². The van der Waals surface area contributed by atoms with Crippen molar-refractivity contribution >= 4 is 5.91 Å². The zero-order valence-electron chi connectivity index (χ0n) is 16.3. The first kappa shape index (κ1) is 21.4. The van der Waals surface area contributed by atoms with Gasteiger partial charge in [0.05, 0.1) is 6.04 Å². The van der Waals surface area contributed by atoms with E-state index >= 15 is 0 Å². The topological polar surface area (TPSA) is 62.0 Å².